The summed E-state index contributed by atoms with van der Waals surface area (Å²) in [6.45, 7) is 2.04. The van der Waals surface area contributed by atoms with Crippen molar-refractivity contribution in [2.24, 2.45) is 5.73 Å². The quantitative estimate of drug-likeness (QED) is 0.763. The Morgan fingerprint density at radius 3 is 3.19 bits per heavy atom. The number of rotatable bonds is 1. The number of carbonyl (C=O) groups excluding carboxylic acids is 1. The van der Waals surface area contributed by atoms with Crippen molar-refractivity contribution < 1.29 is 9.53 Å². The van der Waals surface area contributed by atoms with E-state index in [2.05, 4.69) is 9.55 Å². The van der Waals surface area contributed by atoms with E-state index in [9.17, 15) is 4.79 Å². The molecule has 0 saturated heterocycles. The van der Waals surface area contributed by atoms with Crippen LogP contribution >= 0.6 is 0 Å². The number of nitrogens with two attached hydrogens (primary N) is 1. The fourth-order valence-corrected chi connectivity index (χ4v) is 2.01. The highest BCUT2D eigenvalue weighted by molar-refractivity contribution is 5.96. The first-order valence-electron chi connectivity index (χ1n) is 5.12. The van der Waals surface area contributed by atoms with Gasteiger partial charge in [0.15, 0.2) is 0 Å². The van der Waals surface area contributed by atoms with E-state index < -0.39 is 5.91 Å². The van der Waals surface area contributed by atoms with E-state index in [1.807, 2.05) is 6.07 Å². The zero-order chi connectivity index (χ0) is 11.1. The maximum Gasteiger partial charge on any atom is 0.248 e. The van der Waals surface area contributed by atoms with Gasteiger partial charge in [0, 0.05) is 12.1 Å². The van der Waals surface area contributed by atoms with Gasteiger partial charge in [-0.2, -0.15) is 0 Å². The average Bonchev–Trinajstić information content (AvgIpc) is 2.66. The Balaban J connectivity index is 2.22. The molecule has 0 unspecified atom stereocenters. The van der Waals surface area contributed by atoms with Crippen molar-refractivity contribution in [3.63, 3.8) is 0 Å². The van der Waals surface area contributed by atoms with E-state index in [1.54, 1.807) is 12.1 Å². The molecule has 1 amide bonds. The van der Waals surface area contributed by atoms with Crippen LogP contribution in [0.2, 0.25) is 0 Å². The molecule has 5 nitrogen and oxygen atoms in total. The second-order valence-electron chi connectivity index (χ2n) is 3.80. The number of ether oxygens (including phenoxy) is 1. The second kappa shape index (κ2) is 3.31. The van der Waals surface area contributed by atoms with Gasteiger partial charge >= 0.3 is 0 Å². The van der Waals surface area contributed by atoms with Gasteiger partial charge in [-0.3, -0.25) is 4.79 Å². The number of hydrogen-bond donors (Lipinski definition) is 1. The summed E-state index contributed by atoms with van der Waals surface area (Å²) in [7, 11) is 0. The molecule has 1 aliphatic heterocycles. The van der Waals surface area contributed by atoms with E-state index in [-0.39, 0.29) is 0 Å². The molecule has 1 aliphatic rings. The van der Waals surface area contributed by atoms with Crippen molar-refractivity contribution in [2.75, 3.05) is 6.61 Å². The second-order valence-corrected chi connectivity index (χ2v) is 3.80. The Bertz CT molecular complexity index is 574. The largest absolute Gasteiger partial charge is 0.372 e. The normalized spacial score (nSPS) is 15.0. The van der Waals surface area contributed by atoms with Crippen LogP contribution < -0.4 is 5.73 Å². The molecule has 1 aromatic heterocycles. The number of imidazole rings is 1. The Morgan fingerprint density at radius 1 is 1.50 bits per heavy atom. The minimum Gasteiger partial charge on any atom is -0.372 e. The number of aromatic nitrogens is 2. The minimum absolute atomic E-state index is 0.427. The molecule has 82 valence electrons. The van der Waals surface area contributed by atoms with Crippen LogP contribution in [0.15, 0.2) is 18.2 Å². The fraction of sp³-hybridized carbons (Fsp3) is 0.273. The van der Waals surface area contributed by atoms with Crippen molar-refractivity contribution in [3.05, 3.63) is 29.6 Å². The molecule has 2 N–H and O–H groups in total. The lowest BCUT2D eigenvalue weighted by atomic mass is 10.2. The first-order valence-corrected chi connectivity index (χ1v) is 5.12. The first-order chi connectivity index (χ1) is 7.75. The number of hydrogen-bond acceptors (Lipinski definition) is 3. The van der Waals surface area contributed by atoms with E-state index in [0.717, 1.165) is 23.4 Å². The first kappa shape index (κ1) is 9.35. The topological polar surface area (TPSA) is 70.1 Å². The van der Waals surface area contributed by atoms with Gasteiger partial charge in [0.25, 0.3) is 0 Å². The van der Waals surface area contributed by atoms with Gasteiger partial charge in [-0.1, -0.05) is 0 Å². The van der Waals surface area contributed by atoms with E-state index in [0.29, 0.717) is 18.8 Å². The smallest absolute Gasteiger partial charge is 0.248 e. The highest BCUT2D eigenvalue weighted by Crippen LogP contribution is 2.20. The zero-order valence-electron chi connectivity index (χ0n) is 8.64. The molecule has 2 aromatic rings. The number of amides is 1. The van der Waals surface area contributed by atoms with E-state index in [1.165, 1.54) is 0 Å². The SMILES string of the molecule is NC(=O)c1ccc2c(c1)nc1n2CCOC1. The zero-order valence-corrected chi connectivity index (χ0v) is 8.64. The van der Waals surface area contributed by atoms with Gasteiger partial charge in [-0.05, 0) is 18.2 Å². The molecule has 0 spiro atoms. The summed E-state index contributed by atoms with van der Waals surface area (Å²) in [6, 6.07) is 5.34. The van der Waals surface area contributed by atoms with Crippen LogP contribution in [0, 0.1) is 0 Å². The number of primary amides is 1. The third-order valence-corrected chi connectivity index (χ3v) is 2.80. The molecule has 0 saturated carbocycles. The lowest BCUT2D eigenvalue weighted by molar-refractivity contribution is 0.0830. The lowest BCUT2D eigenvalue weighted by Gasteiger charge is -2.14. The third-order valence-electron chi connectivity index (χ3n) is 2.80. The van der Waals surface area contributed by atoms with Crippen LogP contribution in [0.5, 0.6) is 0 Å². The van der Waals surface area contributed by atoms with Crippen molar-refractivity contribution >= 4 is 16.9 Å². The van der Waals surface area contributed by atoms with Gasteiger partial charge < -0.3 is 15.0 Å². The maximum absolute atomic E-state index is 11.1. The monoisotopic (exact) mass is 217 g/mol. The minimum atomic E-state index is -0.427. The Morgan fingerprint density at radius 2 is 2.38 bits per heavy atom. The van der Waals surface area contributed by atoms with E-state index >= 15 is 0 Å². The van der Waals surface area contributed by atoms with E-state index in [4.69, 9.17) is 10.5 Å². The molecule has 0 aliphatic carbocycles. The predicted octanol–water partition coefficient (Wildman–Crippen LogP) is 0.665. The summed E-state index contributed by atoms with van der Waals surface area (Å²) < 4.78 is 7.44. The molecule has 2 heterocycles. The molecule has 0 atom stereocenters. The molecular formula is C11H11N3O2. The Kier molecular flexibility index (Phi) is 1.94. The number of fused-ring (bicyclic) bond motifs is 3. The highest BCUT2D eigenvalue weighted by Gasteiger charge is 2.15. The summed E-state index contributed by atoms with van der Waals surface area (Å²) in [6.07, 6.45) is 0. The number of benzene rings is 1. The summed E-state index contributed by atoms with van der Waals surface area (Å²) in [4.78, 5) is 15.5. The third kappa shape index (κ3) is 1.29. The van der Waals surface area contributed by atoms with Crippen molar-refractivity contribution in [3.8, 4) is 0 Å². The highest BCUT2D eigenvalue weighted by atomic mass is 16.5. The van der Waals surface area contributed by atoms with Gasteiger partial charge in [0.2, 0.25) is 5.91 Å². The van der Waals surface area contributed by atoms with Gasteiger partial charge in [-0.15, -0.1) is 0 Å². The summed E-state index contributed by atoms with van der Waals surface area (Å²) in [5.74, 6) is 0.479. The molecular weight excluding hydrogens is 206 g/mol. The molecule has 1 aromatic carbocycles. The van der Waals surface area contributed by atoms with Crippen LogP contribution in [0.1, 0.15) is 16.2 Å². The molecule has 0 radical (unpaired) electrons. The lowest BCUT2D eigenvalue weighted by Crippen LogP contribution is -2.16. The maximum atomic E-state index is 11.1. The van der Waals surface area contributed by atoms with Crippen molar-refractivity contribution in [2.45, 2.75) is 13.2 Å². The van der Waals surface area contributed by atoms with Crippen LogP contribution in [0.25, 0.3) is 11.0 Å². The molecule has 16 heavy (non-hydrogen) atoms. The average molecular weight is 217 g/mol. The number of carbonyl (C=O) groups is 1. The molecule has 0 fully saturated rings. The van der Waals surface area contributed by atoms with Crippen LogP contribution in [0.4, 0.5) is 0 Å². The summed E-state index contributed by atoms with van der Waals surface area (Å²) in [5.41, 5.74) is 7.55. The predicted molar refractivity (Wildman–Crippen MR) is 57.9 cm³/mol. The molecule has 3 rings (SSSR count). The van der Waals surface area contributed by atoms with Crippen molar-refractivity contribution in [1.29, 1.82) is 0 Å². The fourth-order valence-electron chi connectivity index (χ4n) is 2.01. The molecule has 5 heteroatoms. The summed E-state index contributed by atoms with van der Waals surface area (Å²) >= 11 is 0. The van der Waals surface area contributed by atoms with Crippen LogP contribution in [-0.4, -0.2) is 22.1 Å². The van der Waals surface area contributed by atoms with Gasteiger partial charge in [-0.25, -0.2) is 4.98 Å². The van der Waals surface area contributed by atoms with Crippen molar-refractivity contribution in [1.82, 2.24) is 9.55 Å². The number of nitrogens with zero attached hydrogens (tertiary/aromatic N) is 2. The van der Waals surface area contributed by atoms with Crippen LogP contribution in [-0.2, 0) is 17.9 Å². The standard InChI is InChI=1S/C11H11N3O2/c12-11(15)7-1-2-9-8(5-7)13-10-6-16-4-3-14(9)10/h1-2,5H,3-4,6H2,(H2,12,15). The molecule has 0 bridgehead atoms. The Hall–Kier alpha value is -1.88. The van der Waals surface area contributed by atoms with Gasteiger partial charge in [0.1, 0.15) is 12.4 Å². The Labute approximate surface area is 91.8 Å². The van der Waals surface area contributed by atoms with Crippen LogP contribution in [0.3, 0.4) is 0 Å². The van der Waals surface area contributed by atoms with Gasteiger partial charge in [0.05, 0.1) is 17.6 Å². The summed E-state index contributed by atoms with van der Waals surface area (Å²) in [5, 5.41) is 0.